The minimum Gasteiger partial charge on any atom is -0.444 e. The molecule has 1 atom stereocenters. The molecular formula is C22H37IN4O3. The van der Waals surface area contributed by atoms with Crippen molar-refractivity contribution in [2.45, 2.75) is 45.3 Å². The van der Waals surface area contributed by atoms with Crippen molar-refractivity contribution < 1.29 is 14.3 Å². The standard InChI is InChI=1S/C22H36N4O3.HI/c1-22(2,3)29-21(27)25-19(18-9-7-6-8-10-18)15-24-20(23-4)26(5)13-14-28-16-17-11-12-17;/h6-10,17,19H,11-16H2,1-5H3,(H,23,24)(H,25,27);1H. The van der Waals surface area contributed by atoms with Crippen molar-refractivity contribution in [2.24, 2.45) is 10.9 Å². The van der Waals surface area contributed by atoms with E-state index in [4.69, 9.17) is 9.47 Å². The van der Waals surface area contributed by atoms with Gasteiger partial charge in [0, 0.05) is 33.8 Å². The Morgan fingerprint density at radius 1 is 1.27 bits per heavy atom. The summed E-state index contributed by atoms with van der Waals surface area (Å²) < 4.78 is 11.1. The minimum absolute atomic E-state index is 0. The largest absolute Gasteiger partial charge is 0.444 e. The summed E-state index contributed by atoms with van der Waals surface area (Å²) in [5.74, 6) is 1.52. The molecule has 1 aromatic rings. The van der Waals surface area contributed by atoms with Crippen LogP contribution in [0.5, 0.6) is 0 Å². The van der Waals surface area contributed by atoms with Crippen molar-refractivity contribution in [1.82, 2.24) is 15.5 Å². The lowest BCUT2D eigenvalue weighted by molar-refractivity contribution is 0.0504. The third kappa shape index (κ3) is 10.5. The zero-order valence-electron chi connectivity index (χ0n) is 18.8. The number of carbonyl (C=O) groups is 1. The molecule has 1 aromatic carbocycles. The van der Waals surface area contributed by atoms with E-state index in [2.05, 4.69) is 15.6 Å². The molecule has 0 radical (unpaired) electrons. The predicted octanol–water partition coefficient (Wildman–Crippen LogP) is 3.80. The van der Waals surface area contributed by atoms with Crippen molar-refractivity contribution in [3.8, 4) is 0 Å². The molecule has 0 aromatic heterocycles. The quantitative estimate of drug-likeness (QED) is 0.219. The Labute approximate surface area is 198 Å². The van der Waals surface area contributed by atoms with E-state index in [-0.39, 0.29) is 30.0 Å². The van der Waals surface area contributed by atoms with Crippen LogP contribution in [0.4, 0.5) is 4.79 Å². The average Bonchev–Trinajstić information content (AvgIpc) is 3.48. The fourth-order valence-corrected chi connectivity index (χ4v) is 2.81. The van der Waals surface area contributed by atoms with Crippen LogP contribution in [-0.4, -0.2) is 63.0 Å². The Hall–Kier alpha value is -1.55. The molecule has 1 unspecified atom stereocenters. The van der Waals surface area contributed by atoms with Crippen LogP contribution in [0.25, 0.3) is 0 Å². The first-order valence-corrected chi connectivity index (χ1v) is 10.3. The predicted molar refractivity (Wildman–Crippen MR) is 132 cm³/mol. The van der Waals surface area contributed by atoms with E-state index in [1.807, 2.05) is 63.1 Å². The van der Waals surface area contributed by atoms with Crippen molar-refractivity contribution in [3.63, 3.8) is 0 Å². The zero-order valence-corrected chi connectivity index (χ0v) is 21.1. The van der Waals surface area contributed by atoms with Gasteiger partial charge in [0.25, 0.3) is 0 Å². The van der Waals surface area contributed by atoms with Gasteiger partial charge in [-0.1, -0.05) is 30.3 Å². The number of ether oxygens (including phenoxy) is 2. The molecule has 2 rings (SSSR count). The highest BCUT2D eigenvalue weighted by atomic mass is 127. The van der Waals surface area contributed by atoms with Crippen molar-refractivity contribution >= 4 is 36.0 Å². The molecule has 30 heavy (non-hydrogen) atoms. The first kappa shape index (κ1) is 26.5. The van der Waals surface area contributed by atoms with Gasteiger partial charge >= 0.3 is 6.09 Å². The van der Waals surface area contributed by atoms with Crippen LogP contribution in [0, 0.1) is 5.92 Å². The molecule has 0 spiro atoms. The van der Waals surface area contributed by atoms with E-state index in [0.717, 1.165) is 30.6 Å². The van der Waals surface area contributed by atoms with Crippen LogP contribution in [0.1, 0.15) is 45.2 Å². The number of likely N-dealkylation sites (N-methyl/N-ethyl adjacent to an activating group) is 1. The maximum absolute atomic E-state index is 12.3. The van der Waals surface area contributed by atoms with Crippen molar-refractivity contribution in [3.05, 3.63) is 35.9 Å². The zero-order chi connectivity index (χ0) is 21.3. The van der Waals surface area contributed by atoms with E-state index in [1.54, 1.807) is 7.05 Å². The minimum atomic E-state index is -0.546. The maximum Gasteiger partial charge on any atom is 0.408 e. The highest BCUT2D eigenvalue weighted by Gasteiger charge is 2.22. The fourth-order valence-electron chi connectivity index (χ4n) is 2.81. The van der Waals surface area contributed by atoms with Gasteiger partial charge in [0.05, 0.1) is 12.6 Å². The van der Waals surface area contributed by atoms with Crippen molar-refractivity contribution in [2.75, 3.05) is 40.4 Å². The van der Waals surface area contributed by atoms with Gasteiger partial charge in [-0.3, -0.25) is 4.99 Å². The summed E-state index contributed by atoms with van der Waals surface area (Å²) in [5, 5.41) is 6.31. The first-order chi connectivity index (χ1) is 13.8. The van der Waals surface area contributed by atoms with E-state index < -0.39 is 11.7 Å². The molecule has 0 aliphatic heterocycles. The number of nitrogens with one attached hydrogen (secondary N) is 2. The second-order valence-corrected chi connectivity index (χ2v) is 8.48. The summed E-state index contributed by atoms with van der Waals surface area (Å²) >= 11 is 0. The van der Waals surface area contributed by atoms with Crippen LogP contribution in [0.2, 0.25) is 0 Å². The molecule has 7 nitrogen and oxygen atoms in total. The SMILES string of the molecule is CN=C(NCC(NC(=O)OC(C)(C)C)c1ccccc1)N(C)CCOCC1CC1.I. The Kier molecular flexibility index (Phi) is 11.5. The number of carbonyl (C=O) groups excluding carboxylic acids is 1. The number of aliphatic imine (C=N–C) groups is 1. The molecule has 8 heteroatoms. The summed E-state index contributed by atoms with van der Waals surface area (Å²) in [5.41, 5.74) is 0.451. The summed E-state index contributed by atoms with van der Waals surface area (Å²) in [6, 6.07) is 9.59. The molecular weight excluding hydrogens is 495 g/mol. The van der Waals surface area contributed by atoms with Gasteiger partial charge in [-0.2, -0.15) is 0 Å². The van der Waals surface area contributed by atoms with Gasteiger partial charge in [0.15, 0.2) is 5.96 Å². The average molecular weight is 532 g/mol. The Balaban J connectivity index is 0.00000450. The second kappa shape index (κ2) is 13.0. The number of nitrogens with zero attached hydrogens (tertiary/aromatic N) is 2. The summed E-state index contributed by atoms with van der Waals surface area (Å²) in [6.45, 7) is 8.33. The number of guanidine groups is 1. The number of benzene rings is 1. The molecule has 0 heterocycles. The van der Waals surface area contributed by atoms with Gasteiger partial charge in [-0.25, -0.2) is 4.79 Å². The van der Waals surface area contributed by atoms with Crippen LogP contribution in [0.3, 0.4) is 0 Å². The highest BCUT2D eigenvalue weighted by Crippen LogP contribution is 2.28. The van der Waals surface area contributed by atoms with E-state index in [1.165, 1.54) is 12.8 Å². The number of hydrogen-bond acceptors (Lipinski definition) is 4. The second-order valence-electron chi connectivity index (χ2n) is 8.48. The molecule has 2 N–H and O–H groups in total. The van der Waals surface area contributed by atoms with E-state index in [0.29, 0.717) is 13.2 Å². The molecule has 0 bridgehead atoms. The lowest BCUT2D eigenvalue weighted by Crippen LogP contribution is -2.45. The third-order valence-electron chi connectivity index (χ3n) is 4.55. The molecule has 1 aliphatic carbocycles. The number of hydrogen-bond donors (Lipinski definition) is 2. The van der Waals surface area contributed by atoms with Crippen molar-refractivity contribution in [1.29, 1.82) is 0 Å². The number of alkyl carbamates (subject to hydrolysis) is 1. The lowest BCUT2D eigenvalue weighted by atomic mass is 10.1. The fraction of sp³-hybridized carbons (Fsp3) is 0.636. The van der Waals surface area contributed by atoms with Gasteiger partial charge in [0.1, 0.15) is 5.60 Å². The maximum atomic E-state index is 12.3. The molecule has 1 amide bonds. The normalized spacial score (nSPS) is 15.0. The van der Waals surface area contributed by atoms with Gasteiger partial charge < -0.3 is 25.0 Å². The van der Waals surface area contributed by atoms with Crippen LogP contribution >= 0.6 is 24.0 Å². The first-order valence-electron chi connectivity index (χ1n) is 10.3. The number of amides is 1. The number of rotatable bonds is 9. The Morgan fingerprint density at radius 3 is 2.50 bits per heavy atom. The monoisotopic (exact) mass is 532 g/mol. The molecule has 170 valence electrons. The third-order valence-corrected chi connectivity index (χ3v) is 4.55. The summed E-state index contributed by atoms with van der Waals surface area (Å²) in [4.78, 5) is 18.7. The van der Waals surface area contributed by atoms with Gasteiger partial charge in [0.2, 0.25) is 0 Å². The van der Waals surface area contributed by atoms with Crippen LogP contribution in [0.15, 0.2) is 35.3 Å². The van der Waals surface area contributed by atoms with Crippen LogP contribution in [-0.2, 0) is 9.47 Å². The lowest BCUT2D eigenvalue weighted by Gasteiger charge is -2.27. The Bertz CT molecular complexity index is 660. The van der Waals surface area contributed by atoms with Gasteiger partial charge in [-0.15, -0.1) is 24.0 Å². The highest BCUT2D eigenvalue weighted by molar-refractivity contribution is 14.0. The number of halogens is 1. The smallest absolute Gasteiger partial charge is 0.408 e. The topological polar surface area (TPSA) is 75.2 Å². The van der Waals surface area contributed by atoms with E-state index in [9.17, 15) is 4.79 Å². The molecule has 0 saturated heterocycles. The van der Waals surface area contributed by atoms with E-state index >= 15 is 0 Å². The van der Waals surface area contributed by atoms with Crippen LogP contribution < -0.4 is 10.6 Å². The molecule has 1 saturated carbocycles. The Morgan fingerprint density at radius 2 is 1.93 bits per heavy atom. The summed E-state index contributed by atoms with van der Waals surface area (Å²) in [7, 11) is 3.73. The summed E-state index contributed by atoms with van der Waals surface area (Å²) in [6.07, 6.45) is 2.15. The molecule has 1 aliphatic rings. The van der Waals surface area contributed by atoms with Gasteiger partial charge in [-0.05, 0) is 45.1 Å². The molecule has 1 fully saturated rings.